The highest BCUT2D eigenvalue weighted by Gasteiger charge is 2.17. The molecule has 4 nitrogen and oxygen atoms in total. The molecule has 1 aliphatic heterocycles. The fourth-order valence-electron chi connectivity index (χ4n) is 1.70. The summed E-state index contributed by atoms with van der Waals surface area (Å²) in [6.45, 7) is 7.11. The van der Waals surface area contributed by atoms with Crippen molar-refractivity contribution in [1.82, 2.24) is 0 Å². The molecule has 0 amide bonds. The molecule has 2 rings (SSSR count). The Morgan fingerprint density at radius 2 is 1.89 bits per heavy atom. The second-order valence-electron chi connectivity index (χ2n) is 5.54. The average Bonchev–Trinajstić information content (AvgIpc) is 2.59. The molecule has 0 fully saturated rings. The molecule has 0 saturated carbocycles. The number of carbonyl (C=O) groups is 1. The number of ether oxygens (including phenoxy) is 3. The third kappa shape index (κ3) is 3.96. The van der Waals surface area contributed by atoms with Gasteiger partial charge in [-0.1, -0.05) is 0 Å². The maximum atomic E-state index is 12.0. The molecule has 1 aromatic rings. The molecule has 0 aromatic heterocycles. The summed E-state index contributed by atoms with van der Waals surface area (Å²) in [6, 6.07) is 5.27. The minimum Gasteiger partial charge on any atom is -0.490 e. The molecular formula is C15H20O4. The van der Waals surface area contributed by atoms with Crippen LogP contribution in [-0.2, 0) is 4.74 Å². The average molecular weight is 264 g/mol. The number of rotatable bonds is 3. The summed E-state index contributed by atoms with van der Waals surface area (Å²) >= 11 is 0. The molecule has 0 unspecified atom stereocenters. The normalized spacial score (nSPS) is 14.9. The summed E-state index contributed by atoms with van der Waals surface area (Å²) in [5.74, 6) is 1.29. The number of Topliss-reactive ketones (excluding diaryl/α,β-unsaturated/α-hetero) is 1. The van der Waals surface area contributed by atoms with Crippen LogP contribution >= 0.6 is 0 Å². The topological polar surface area (TPSA) is 44.8 Å². The molecule has 19 heavy (non-hydrogen) atoms. The summed E-state index contributed by atoms with van der Waals surface area (Å²) in [6.07, 6.45) is 0.852. The molecule has 1 aliphatic rings. The van der Waals surface area contributed by atoms with Gasteiger partial charge in [-0.25, -0.2) is 0 Å². The lowest BCUT2D eigenvalue weighted by molar-refractivity contribution is 0.00305. The van der Waals surface area contributed by atoms with Crippen molar-refractivity contribution in [3.8, 4) is 11.5 Å². The third-order valence-electron chi connectivity index (χ3n) is 2.71. The summed E-state index contributed by atoms with van der Waals surface area (Å²) in [7, 11) is 0. The molecule has 0 spiro atoms. The zero-order valence-corrected chi connectivity index (χ0v) is 11.7. The van der Waals surface area contributed by atoms with Gasteiger partial charge in [0.2, 0.25) is 0 Å². The lowest BCUT2D eigenvalue weighted by Crippen LogP contribution is -2.23. The Labute approximate surface area is 113 Å². The van der Waals surface area contributed by atoms with E-state index in [1.807, 2.05) is 20.8 Å². The molecule has 1 heterocycles. The molecular weight excluding hydrogens is 244 g/mol. The quantitative estimate of drug-likeness (QED) is 0.787. The Balaban J connectivity index is 2.08. The first-order chi connectivity index (χ1) is 8.96. The molecule has 0 aliphatic carbocycles. The number of ketones is 1. The van der Waals surface area contributed by atoms with Gasteiger partial charge in [0.05, 0.1) is 18.8 Å². The third-order valence-corrected chi connectivity index (χ3v) is 2.71. The Bertz CT molecular complexity index is 460. The summed E-state index contributed by atoms with van der Waals surface area (Å²) in [4.78, 5) is 12.0. The predicted octanol–water partition coefficient (Wildman–Crippen LogP) is 2.85. The first kappa shape index (κ1) is 13.9. The fourth-order valence-corrected chi connectivity index (χ4v) is 1.70. The van der Waals surface area contributed by atoms with Gasteiger partial charge in [0, 0.05) is 12.0 Å². The van der Waals surface area contributed by atoms with E-state index in [0.29, 0.717) is 30.3 Å². The molecule has 4 heteroatoms. The smallest absolute Gasteiger partial charge is 0.188 e. The summed E-state index contributed by atoms with van der Waals surface area (Å²) in [5.41, 5.74) is 0.273. The maximum Gasteiger partial charge on any atom is 0.188 e. The number of hydrogen-bond acceptors (Lipinski definition) is 4. The number of benzene rings is 1. The van der Waals surface area contributed by atoms with Crippen molar-refractivity contribution in [1.29, 1.82) is 0 Å². The van der Waals surface area contributed by atoms with Crippen LogP contribution in [0, 0.1) is 0 Å². The van der Waals surface area contributed by atoms with E-state index >= 15 is 0 Å². The van der Waals surface area contributed by atoms with Gasteiger partial charge in [0.1, 0.15) is 6.61 Å². The van der Waals surface area contributed by atoms with Gasteiger partial charge in [-0.05, 0) is 39.0 Å². The summed E-state index contributed by atoms with van der Waals surface area (Å²) in [5, 5.41) is 0. The van der Waals surface area contributed by atoms with E-state index in [2.05, 4.69) is 0 Å². The molecule has 104 valence electrons. The van der Waals surface area contributed by atoms with E-state index in [1.54, 1.807) is 18.2 Å². The fraction of sp³-hybridized carbons (Fsp3) is 0.533. The highest BCUT2D eigenvalue weighted by molar-refractivity contribution is 5.97. The van der Waals surface area contributed by atoms with Gasteiger partial charge in [-0.2, -0.15) is 0 Å². The lowest BCUT2D eigenvalue weighted by Gasteiger charge is -2.19. The van der Waals surface area contributed by atoms with Crippen LogP contribution in [-0.4, -0.2) is 31.2 Å². The van der Waals surface area contributed by atoms with Crippen LogP contribution in [0.25, 0.3) is 0 Å². The Morgan fingerprint density at radius 1 is 1.21 bits per heavy atom. The summed E-state index contributed by atoms with van der Waals surface area (Å²) < 4.78 is 16.6. The van der Waals surface area contributed by atoms with Crippen molar-refractivity contribution >= 4 is 5.78 Å². The molecule has 0 radical (unpaired) electrons. The number of fused-ring (bicyclic) bond motifs is 1. The van der Waals surface area contributed by atoms with E-state index in [9.17, 15) is 4.79 Å². The van der Waals surface area contributed by atoms with Gasteiger partial charge in [-0.3, -0.25) is 4.79 Å². The number of carbonyl (C=O) groups excluding carboxylic acids is 1. The van der Waals surface area contributed by atoms with Crippen LogP contribution in [0.2, 0.25) is 0 Å². The van der Waals surface area contributed by atoms with Crippen LogP contribution in [0.15, 0.2) is 18.2 Å². The minimum absolute atomic E-state index is 0.0504. The van der Waals surface area contributed by atoms with Crippen molar-refractivity contribution in [3.63, 3.8) is 0 Å². The van der Waals surface area contributed by atoms with Crippen LogP contribution < -0.4 is 9.47 Å². The van der Waals surface area contributed by atoms with Crippen LogP contribution in [0.4, 0.5) is 0 Å². The van der Waals surface area contributed by atoms with Gasteiger partial charge < -0.3 is 14.2 Å². The van der Waals surface area contributed by atoms with Gasteiger partial charge in [-0.15, -0.1) is 0 Å². The first-order valence-electron chi connectivity index (χ1n) is 6.52. The predicted molar refractivity (Wildman–Crippen MR) is 72.1 cm³/mol. The van der Waals surface area contributed by atoms with E-state index in [1.165, 1.54) is 0 Å². The maximum absolute atomic E-state index is 12.0. The molecule has 0 saturated heterocycles. The van der Waals surface area contributed by atoms with E-state index in [0.717, 1.165) is 6.42 Å². The van der Waals surface area contributed by atoms with Crippen molar-refractivity contribution in [3.05, 3.63) is 23.8 Å². The lowest BCUT2D eigenvalue weighted by atomic mass is 10.1. The second kappa shape index (κ2) is 5.61. The van der Waals surface area contributed by atoms with Crippen LogP contribution in [0.1, 0.15) is 37.6 Å². The molecule has 0 bridgehead atoms. The van der Waals surface area contributed by atoms with Crippen LogP contribution in [0.5, 0.6) is 11.5 Å². The largest absolute Gasteiger partial charge is 0.490 e. The molecule has 0 atom stereocenters. The zero-order valence-electron chi connectivity index (χ0n) is 11.7. The van der Waals surface area contributed by atoms with E-state index in [4.69, 9.17) is 14.2 Å². The second-order valence-corrected chi connectivity index (χ2v) is 5.54. The van der Waals surface area contributed by atoms with Gasteiger partial charge >= 0.3 is 0 Å². The van der Waals surface area contributed by atoms with E-state index in [-0.39, 0.29) is 18.0 Å². The Hall–Kier alpha value is -1.55. The SMILES string of the molecule is CC(C)(C)OCC(=O)c1ccc2c(c1)OCCCO2. The Morgan fingerprint density at radius 3 is 2.58 bits per heavy atom. The Kier molecular flexibility index (Phi) is 4.10. The standard InChI is InChI=1S/C15H20O4/c1-15(2,3)19-10-12(16)11-5-6-13-14(9-11)18-8-4-7-17-13/h5-6,9H,4,7-8,10H2,1-3H3. The minimum atomic E-state index is -0.318. The van der Waals surface area contributed by atoms with Gasteiger partial charge in [0.15, 0.2) is 17.3 Å². The monoisotopic (exact) mass is 264 g/mol. The van der Waals surface area contributed by atoms with Crippen molar-refractivity contribution in [2.45, 2.75) is 32.8 Å². The highest BCUT2D eigenvalue weighted by Crippen LogP contribution is 2.30. The highest BCUT2D eigenvalue weighted by atomic mass is 16.5. The zero-order chi connectivity index (χ0) is 13.9. The first-order valence-corrected chi connectivity index (χ1v) is 6.52. The number of hydrogen-bond donors (Lipinski definition) is 0. The van der Waals surface area contributed by atoms with E-state index < -0.39 is 0 Å². The van der Waals surface area contributed by atoms with Crippen molar-refractivity contribution in [2.75, 3.05) is 19.8 Å². The van der Waals surface area contributed by atoms with Gasteiger partial charge in [0.25, 0.3) is 0 Å². The molecule has 0 N–H and O–H groups in total. The van der Waals surface area contributed by atoms with Crippen LogP contribution in [0.3, 0.4) is 0 Å². The molecule has 1 aromatic carbocycles. The van der Waals surface area contributed by atoms with Crippen molar-refractivity contribution in [2.24, 2.45) is 0 Å². The van der Waals surface area contributed by atoms with Crippen molar-refractivity contribution < 1.29 is 19.0 Å².